The van der Waals surface area contributed by atoms with Gasteiger partial charge in [-0.2, -0.15) is 0 Å². The molecule has 2 heteroatoms. The molecule has 1 atom stereocenters. The molecule has 0 fully saturated rings. The summed E-state index contributed by atoms with van der Waals surface area (Å²) in [6.45, 7) is 4.54. The molecule has 2 nitrogen and oxygen atoms in total. The van der Waals surface area contributed by atoms with Crippen LogP contribution in [0.3, 0.4) is 0 Å². The van der Waals surface area contributed by atoms with Gasteiger partial charge in [-0.05, 0) is 31.0 Å². The third-order valence-corrected chi connectivity index (χ3v) is 2.32. The summed E-state index contributed by atoms with van der Waals surface area (Å²) in [7, 11) is 0. The molecule has 0 saturated heterocycles. The number of aryl methyl sites for hydroxylation is 1. The van der Waals surface area contributed by atoms with Crippen LogP contribution in [0, 0.1) is 6.92 Å². The first-order chi connectivity index (χ1) is 7.22. The number of hydrogen-bond acceptors (Lipinski definition) is 2. The Balaban J connectivity index is 2.30. The predicted octanol–water partition coefficient (Wildman–Crippen LogP) is 2.92. The molecule has 0 saturated carbocycles. The van der Waals surface area contributed by atoms with Crippen LogP contribution < -0.4 is 4.74 Å². The zero-order valence-electron chi connectivity index (χ0n) is 9.57. The normalized spacial score (nSPS) is 12.5. The molecule has 0 aromatic heterocycles. The Morgan fingerprint density at radius 2 is 2.20 bits per heavy atom. The fourth-order valence-electron chi connectivity index (χ4n) is 1.42. The second-order valence-corrected chi connectivity index (χ2v) is 3.92. The van der Waals surface area contributed by atoms with E-state index in [0.29, 0.717) is 6.61 Å². The lowest BCUT2D eigenvalue weighted by molar-refractivity contribution is 0.0980. The summed E-state index contributed by atoms with van der Waals surface area (Å²) in [6, 6.07) is 7.88. The van der Waals surface area contributed by atoms with E-state index in [2.05, 4.69) is 6.92 Å². The zero-order valence-corrected chi connectivity index (χ0v) is 9.57. The molecule has 15 heavy (non-hydrogen) atoms. The molecular weight excluding hydrogens is 188 g/mol. The summed E-state index contributed by atoms with van der Waals surface area (Å²) in [4.78, 5) is 0. The standard InChI is InChI=1S/C13H20O2/c1-3-4-7-12(14)10-15-13-8-5-6-11(2)9-13/h5-6,8-9,12,14H,3-4,7,10H2,1-2H3. The van der Waals surface area contributed by atoms with Gasteiger partial charge in [0.2, 0.25) is 0 Å². The second kappa shape index (κ2) is 6.46. The maximum atomic E-state index is 9.59. The maximum absolute atomic E-state index is 9.59. The van der Waals surface area contributed by atoms with E-state index in [-0.39, 0.29) is 6.10 Å². The summed E-state index contributed by atoms with van der Waals surface area (Å²) in [5, 5.41) is 9.59. The Labute approximate surface area is 91.9 Å². The molecule has 1 aromatic rings. The van der Waals surface area contributed by atoms with Gasteiger partial charge in [0.15, 0.2) is 0 Å². The van der Waals surface area contributed by atoms with Crippen molar-refractivity contribution in [3.8, 4) is 5.75 Å². The summed E-state index contributed by atoms with van der Waals surface area (Å²) in [5.74, 6) is 0.838. The minimum atomic E-state index is -0.342. The minimum Gasteiger partial charge on any atom is -0.491 e. The molecule has 1 unspecified atom stereocenters. The average molecular weight is 208 g/mol. The van der Waals surface area contributed by atoms with Gasteiger partial charge in [-0.25, -0.2) is 0 Å². The van der Waals surface area contributed by atoms with Gasteiger partial charge in [-0.1, -0.05) is 31.9 Å². The number of benzene rings is 1. The van der Waals surface area contributed by atoms with E-state index >= 15 is 0 Å². The Hall–Kier alpha value is -1.02. The second-order valence-electron chi connectivity index (χ2n) is 3.92. The highest BCUT2D eigenvalue weighted by Crippen LogP contribution is 2.13. The monoisotopic (exact) mass is 208 g/mol. The van der Waals surface area contributed by atoms with Crippen molar-refractivity contribution in [3.63, 3.8) is 0 Å². The SMILES string of the molecule is CCCCC(O)COc1cccc(C)c1. The van der Waals surface area contributed by atoms with Gasteiger partial charge >= 0.3 is 0 Å². The lowest BCUT2D eigenvalue weighted by Gasteiger charge is -2.12. The highest BCUT2D eigenvalue weighted by Gasteiger charge is 2.04. The first-order valence-corrected chi connectivity index (χ1v) is 5.60. The number of aliphatic hydroxyl groups is 1. The van der Waals surface area contributed by atoms with Crippen LogP contribution in [0.15, 0.2) is 24.3 Å². The van der Waals surface area contributed by atoms with Crippen LogP contribution in [0.1, 0.15) is 31.7 Å². The Morgan fingerprint density at radius 3 is 2.87 bits per heavy atom. The fraction of sp³-hybridized carbons (Fsp3) is 0.538. The highest BCUT2D eigenvalue weighted by molar-refractivity contribution is 5.27. The Morgan fingerprint density at radius 1 is 1.40 bits per heavy atom. The summed E-state index contributed by atoms with van der Waals surface area (Å²) in [5.41, 5.74) is 1.18. The first-order valence-electron chi connectivity index (χ1n) is 5.60. The van der Waals surface area contributed by atoms with E-state index in [9.17, 15) is 5.11 Å². The van der Waals surface area contributed by atoms with Crippen LogP contribution >= 0.6 is 0 Å². The number of ether oxygens (including phenoxy) is 1. The van der Waals surface area contributed by atoms with Crippen molar-refractivity contribution in [2.45, 2.75) is 39.2 Å². The largest absolute Gasteiger partial charge is 0.491 e. The van der Waals surface area contributed by atoms with Gasteiger partial charge in [-0.3, -0.25) is 0 Å². The lowest BCUT2D eigenvalue weighted by Crippen LogP contribution is -2.17. The lowest BCUT2D eigenvalue weighted by atomic mass is 10.2. The van der Waals surface area contributed by atoms with E-state index in [1.54, 1.807) is 0 Å². The van der Waals surface area contributed by atoms with Crippen molar-refractivity contribution in [2.75, 3.05) is 6.61 Å². The molecule has 0 heterocycles. The molecule has 0 amide bonds. The minimum absolute atomic E-state index is 0.342. The van der Waals surface area contributed by atoms with Crippen molar-refractivity contribution in [2.24, 2.45) is 0 Å². The molecule has 0 aliphatic rings. The van der Waals surface area contributed by atoms with Gasteiger partial charge in [0.1, 0.15) is 12.4 Å². The molecule has 0 bridgehead atoms. The molecular formula is C13H20O2. The van der Waals surface area contributed by atoms with Crippen LogP contribution in [-0.4, -0.2) is 17.8 Å². The van der Waals surface area contributed by atoms with Crippen LogP contribution in [0.5, 0.6) is 5.75 Å². The van der Waals surface area contributed by atoms with Gasteiger partial charge in [-0.15, -0.1) is 0 Å². The van der Waals surface area contributed by atoms with E-state index in [4.69, 9.17) is 4.74 Å². The smallest absolute Gasteiger partial charge is 0.119 e. The van der Waals surface area contributed by atoms with Crippen molar-refractivity contribution >= 4 is 0 Å². The number of hydrogen-bond donors (Lipinski definition) is 1. The predicted molar refractivity (Wildman–Crippen MR) is 62.2 cm³/mol. The summed E-state index contributed by atoms with van der Waals surface area (Å²) >= 11 is 0. The van der Waals surface area contributed by atoms with Gasteiger partial charge < -0.3 is 9.84 Å². The van der Waals surface area contributed by atoms with Gasteiger partial charge in [0.05, 0.1) is 6.10 Å². The van der Waals surface area contributed by atoms with Crippen LogP contribution in [0.25, 0.3) is 0 Å². The van der Waals surface area contributed by atoms with Crippen LogP contribution in [0.4, 0.5) is 0 Å². The summed E-state index contributed by atoms with van der Waals surface area (Å²) < 4.78 is 5.50. The fourth-order valence-corrected chi connectivity index (χ4v) is 1.42. The molecule has 1 aromatic carbocycles. The van der Waals surface area contributed by atoms with Crippen molar-refractivity contribution in [1.82, 2.24) is 0 Å². The van der Waals surface area contributed by atoms with Crippen molar-refractivity contribution in [1.29, 1.82) is 0 Å². The van der Waals surface area contributed by atoms with Crippen LogP contribution in [-0.2, 0) is 0 Å². The molecule has 84 valence electrons. The quantitative estimate of drug-likeness (QED) is 0.779. The molecule has 1 N–H and O–H groups in total. The number of rotatable bonds is 6. The van der Waals surface area contributed by atoms with Gasteiger partial charge in [0, 0.05) is 0 Å². The van der Waals surface area contributed by atoms with E-state index < -0.39 is 0 Å². The summed E-state index contributed by atoms with van der Waals surface area (Å²) in [6.07, 6.45) is 2.65. The molecule has 0 radical (unpaired) electrons. The van der Waals surface area contributed by atoms with E-state index in [0.717, 1.165) is 25.0 Å². The number of aliphatic hydroxyl groups excluding tert-OH is 1. The Bertz CT molecular complexity index is 284. The van der Waals surface area contributed by atoms with Crippen molar-refractivity contribution < 1.29 is 9.84 Å². The third kappa shape index (κ3) is 4.84. The Kier molecular flexibility index (Phi) is 5.19. The third-order valence-electron chi connectivity index (χ3n) is 2.32. The first kappa shape index (κ1) is 12.1. The highest BCUT2D eigenvalue weighted by atomic mass is 16.5. The van der Waals surface area contributed by atoms with E-state index in [1.807, 2.05) is 31.2 Å². The average Bonchev–Trinajstić information content (AvgIpc) is 2.23. The van der Waals surface area contributed by atoms with Crippen LogP contribution in [0.2, 0.25) is 0 Å². The van der Waals surface area contributed by atoms with Gasteiger partial charge in [0.25, 0.3) is 0 Å². The molecule has 0 spiro atoms. The molecule has 1 rings (SSSR count). The maximum Gasteiger partial charge on any atom is 0.119 e. The zero-order chi connectivity index (χ0) is 11.1. The topological polar surface area (TPSA) is 29.5 Å². The molecule has 0 aliphatic carbocycles. The van der Waals surface area contributed by atoms with Crippen molar-refractivity contribution in [3.05, 3.63) is 29.8 Å². The van der Waals surface area contributed by atoms with E-state index in [1.165, 1.54) is 5.56 Å². The number of unbranched alkanes of at least 4 members (excludes halogenated alkanes) is 1. The molecule has 0 aliphatic heterocycles.